The van der Waals surface area contributed by atoms with Crippen LogP contribution in [0.2, 0.25) is 0 Å². The third-order valence-corrected chi connectivity index (χ3v) is 2.32. The van der Waals surface area contributed by atoms with Crippen LogP contribution in [0.15, 0.2) is 24.3 Å². The molecule has 0 unspecified atom stereocenters. The van der Waals surface area contributed by atoms with Gasteiger partial charge in [0.2, 0.25) is 0 Å². The topological polar surface area (TPSA) is 55.2 Å². The molecule has 1 rings (SSSR count). The Labute approximate surface area is 102 Å². The SMILES string of the molecule is O=[N+]([O-])c1ccc(CCNCCC(F)(F)F)cc1. The standard InChI is InChI=1S/C11H13F3N2O2/c12-11(13,14)6-8-15-7-5-9-1-3-10(4-2-9)16(17)18/h1-4,15H,5-8H2. The van der Waals surface area contributed by atoms with E-state index in [1.807, 2.05) is 0 Å². The second-order valence-electron chi connectivity index (χ2n) is 3.79. The van der Waals surface area contributed by atoms with Crippen molar-refractivity contribution in [3.63, 3.8) is 0 Å². The fourth-order valence-electron chi connectivity index (χ4n) is 1.37. The molecule has 4 nitrogen and oxygen atoms in total. The third-order valence-electron chi connectivity index (χ3n) is 2.32. The molecule has 0 atom stereocenters. The molecule has 0 amide bonds. The molecule has 0 saturated heterocycles. The Morgan fingerprint density at radius 3 is 2.28 bits per heavy atom. The van der Waals surface area contributed by atoms with Gasteiger partial charge in [-0.2, -0.15) is 13.2 Å². The number of alkyl halides is 3. The molecule has 0 saturated carbocycles. The number of rotatable bonds is 6. The van der Waals surface area contributed by atoms with E-state index in [0.29, 0.717) is 13.0 Å². The van der Waals surface area contributed by atoms with Crippen molar-refractivity contribution in [1.29, 1.82) is 0 Å². The molecule has 100 valence electrons. The normalized spacial score (nSPS) is 11.5. The van der Waals surface area contributed by atoms with Crippen LogP contribution in [-0.4, -0.2) is 24.2 Å². The molecule has 0 fully saturated rings. The predicted octanol–water partition coefficient (Wildman–Crippen LogP) is 2.68. The van der Waals surface area contributed by atoms with E-state index in [1.54, 1.807) is 12.1 Å². The number of nitrogens with one attached hydrogen (secondary N) is 1. The van der Waals surface area contributed by atoms with Gasteiger partial charge in [-0.25, -0.2) is 0 Å². The lowest BCUT2D eigenvalue weighted by Gasteiger charge is -2.07. The van der Waals surface area contributed by atoms with E-state index in [-0.39, 0.29) is 12.2 Å². The highest BCUT2D eigenvalue weighted by Gasteiger charge is 2.25. The van der Waals surface area contributed by atoms with E-state index in [4.69, 9.17) is 0 Å². The van der Waals surface area contributed by atoms with Crippen molar-refractivity contribution in [1.82, 2.24) is 5.32 Å². The molecule has 1 aromatic carbocycles. The van der Waals surface area contributed by atoms with Crippen LogP contribution >= 0.6 is 0 Å². The van der Waals surface area contributed by atoms with Crippen LogP contribution in [0.1, 0.15) is 12.0 Å². The van der Waals surface area contributed by atoms with E-state index < -0.39 is 17.5 Å². The number of nitrogens with zero attached hydrogens (tertiary/aromatic N) is 1. The molecule has 0 spiro atoms. The molecule has 0 aliphatic carbocycles. The molecular formula is C11H13F3N2O2. The number of benzene rings is 1. The molecule has 1 aromatic rings. The minimum absolute atomic E-state index is 0.00350. The van der Waals surface area contributed by atoms with Crippen LogP contribution in [0.4, 0.5) is 18.9 Å². The van der Waals surface area contributed by atoms with Gasteiger partial charge in [-0.15, -0.1) is 0 Å². The van der Waals surface area contributed by atoms with Crippen molar-refractivity contribution in [2.24, 2.45) is 0 Å². The number of hydrogen-bond acceptors (Lipinski definition) is 3. The lowest BCUT2D eigenvalue weighted by Crippen LogP contribution is -2.23. The van der Waals surface area contributed by atoms with Gasteiger partial charge in [0.1, 0.15) is 0 Å². The Morgan fingerprint density at radius 2 is 1.78 bits per heavy atom. The quantitative estimate of drug-likeness (QED) is 0.487. The summed E-state index contributed by atoms with van der Waals surface area (Å²) in [5, 5.41) is 13.1. The first-order valence-corrected chi connectivity index (χ1v) is 5.39. The summed E-state index contributed by atoms with van der Waals surface area (Å²) < 4.78 is 35.5. The van der Waals surface area contributed by atoms with Gasteiger partial charge in [-0.05, 0) is 18.5 Å². The fraction of sp³-hybridized carbons (Fsp3) is 0.455. The summed E-state index contributed by atoms with van der Waals surface area (Å²) in [4.78, 5) is 9.90. The lowest BCUT2D eigenvalue weighted by molar-refractivity contribution is -0.384. The van der Waals surface area contributed by atoms with Crippen LogP contribution in [0, 0.1) is 10.1 Å². The molecule has 7 heteroatoms. The van der Waals surface area contributed by atoms with Crippen LogP contribution in [-0.2, 0) is 6.42 Å². The third kappa shape index (κ3) is 5.62. The highest BCUT2D eigenvalue weighted by molar-refractivity contribution is 5.32. The summed E-state index contributed by atoms with van der Waals surface area (Å²) in [6, 6.07) is 5.96. The minimum Gasteiger partial charge on any atom is -0.316 e. The maximum atomic E-state index is 11.8. The second-order valence-corrected chi connectivity index (χ2v) is 3.79. The molecule has 18 heavy (non-hydrogen) atoms. The van der Waals surface area contributed by atoms with Crippen molar-refractivity contribution in [2.75, 3.05) is 13.1 Å². The van der Waals surface area contributed by atoms with Crippen molar-refractivity contribution in [3.8, 4) is 0 Å². The van der Waals surface area contributed by atoms with E-state index in [2.05, 4.69) is 5.32 Å². The maximum absolute atomic E-state index is 11.8. The monoisotopic (exact) mass is 262 g/mol. The number of non-ortho nitro benzene ring substituents is 1. The summed E-state index contributed by atoms with van der Waals surface area (Å²) in [5.41, 5.74) is 0.851. The van der Waals surface area contributed by atoms with Crippen LogP contribution in [0.25, 0.3) is 0 Å². The Morgan fingerprint density at radius 1 is 1.17 bits per heavy atom. The van der Waals surface area contributed by atoms with Crippen molar-refractivity contribution >= 4 is 5.69 Å². The van der Waals surface area contributed by atoms with Gasteiger partial charge in [-0.3, -0.25) is 10.1 Å². The van der Waals surface area contributed by atoms with E-state index in [9.17, 15) is 23.3 Å². The van der Waals surface area contributed by atoms with Gasteiger partial charge in [0.15, 0.2) is 0 Å². The average Bonchev–Trinajstić information content (AvgIpc) is 2.27. The molecular weight excluding hydrogens is 249 g/mol. The Balaban J connectivity index is 2.25. The molecule has 0 bridgehead atoms. The van der Waals surface area contributed by atoms with E-state index >= 15 is 0 Å². The molecule has 0 heterocycles. The Hall–Kier alpha value is -1.63. The summed E-state index contributed by atoms with van der Waals surface area (Å²) in [6.07, 6.45) is -4.45. The maximum Gasteiger partial charge on any atom is 0.390 e. The first kappa shape index (κ1) is 14.4. The Bertz CT molecular complexity index is 390. The number of nitro groups is 1. The van der Waals surface area contributed by atoms with Crippen molar-refractivity contribution in [3.05, 3.63) is 39.9 Å². The zero-order valence-electron chi connectivity index (χ0n) is 9.54. The highest BCUT2D eigenvalue weighted by atomic mass is 19.4. The first-order chi connectivity index (χ1) is 8.38. The Kier molecular flexibility index (Phi) is 5.08. The summed E-state index contributed by atoms with van der Waals surface area (Å²) >= 11 is 0. The van der Waals surface area contributed by atoms with Gasteiger partial charge in [0.25, 0.3) is 5.69 Å². The number of hydrogen-bond donors (Lipinski definition) is 1. The van der Waals surface area contributed by atoms with Crippen LogP contribution in [0.5, 0.6) is 0 Å². The smallest absolute Gasteiger partial charge is 0.316 e. The molecule has 0 radical (unpaired) electrons. The zero-order chi connectivity index (χ0) is 13.6. The van der Waals surface area contributed by atoms with E-state index in [0.717, 1.165) is 5.56 Å². The van der Waals surface area contributed by atoms with Crippen LogP contribution in [0.3, 0.4) is 0 Å². The highest BCUT2D eigenvalue weighted by Crippen LogP contribution is 2.18. The van der Waals surface area contributed by atoms with Gasteiger partial charge in [0.05, 0.1) is 11.3 Å². The van der Waals surface area contributed by atoms with Gasteiger partial charge in [0, 0.05) is 18.7 Å². The molecule has 0 aromatic heterocycles. The minimum atomic E-state index is -4.14. The average molecular weight is 262 g/mol. The van der Waals surface area contributed by atoms with Gasteiger partial charge >= 0.3 is 6.18 Å². The largest absolute Gasteiger partial charge is 0.390 e. The number of halogens is 3. The number of nitro benzene ring substituents is 1. The summed E-state index contributed by atoms with van der Waals surface area (Å²) in [6.45, 7) is 0.296. The lowest BCUT2D eigenvalue weighted by atomic mass is 10.1. The summed E-state index contributed by atoms with van der Waals surface area (Å²) in [7, 11) is 0. The second kappa shape index (κ2) is 6.34. The van der Waals surface area contributed by atoms with Gasteiger partial charge in [-0.1, -0.05) is 12.1 Å². The van der Waals surface area contributed by atoms with Crippen molar-refractivity contribution < 1.29 is 18.1 Å². The summed E-state index contributed by atoms with van der Waals surface area (Å²) in [5.74, 6) is 0. The molecule has 1 N–H and O–H groups in total. The van der Waals surface area contributed by atoms with Crippen molar-refractivity contribution in [2.45, 2.75) is 19.0 Å². The van der Waals surface area contributed by atoms with Crippen LogP contribution < -0.4 is 5.32 Å². The predicted molar refractivity (Wildman–Crippen MR) is 60.3 cm³/mol. The van der Waals surface area contributed by atoms with Gasteiger partial charge < -0.3 is 5.32 Å². The molecule has 0 aliphatic heterocycles. The van der Waals surface area contributed by atoms with E-state index in [1.165, 1.54) is 12.1 Å². The zero-order valence-corrected chi connectivity index (χ0v) is 9.54. The fourth-order valence-corrected chi connectivity index (χ4v) is 1.37. The molecule has 0 aliphatic rings. The first-order valence-electron chi connectivity index (χ1n) is 5.39.